The van der Waals surface area contributed by atoms with Gasteiger partial charge in [0.25, 0.3) is 0 Å². The number of halogens is 1. The molecule has 0 radical (unpaired) electrons. The number of piperidine rings is 1. The molecule has 0 bridgehead atoms. The van der Waals surface area contributed by atoms with Crippen molar-refractivity contribution >= 4 is 34.2 Å². The van der Waals surface area contributed by atoms with Crippen LogP contribution in [0.5, 0.6) is 0 Å². The monoisotopic (exact) mass is 465 g/mol. The number of para-hydroxylation sites is 2. The molecule has 0 atom stereocenters. The standard InChI is InChI=1S/C26H32ClN5O/c1-2-32-24-9-4-3-8-23(24)28-25(32)19-29-12-10-20(11-13-29)26(33)31-16-14-30(15-17-31)22-7-5-6-21(27)18-22/h3-9,18,20H,2,10-17,19H2,1H3. The van der Waals surface area contributed by atoms with E-state index in [-0.39, 0.29) is 5.92 Å². The first-order valence-electron chi connectivity index (χ1n) is 12.1. The Hall–Kier alpha value is -2.57. The molecule has 2 aliphatic rings. The lowest BCUT2D eigenvalue weighted by atomic mass is 9.95. The van der Waals surface area contributed by atoms with E-state index in [9.17, 15) is 4.79 Å². The van der Waals surface area contributed by atoms with Crippen molar-refractivity contribution in [1.29, 1.82) is 0 Å². The van der Waals surface area contributed by atoms with Gasteiger partial charge in [-0.1, -0.05) is 29.8 Å². The van der Waals surface area contributed by atoms with Gasteiger partial charge in [0.15, 0.2) is 0 Å². The van der Waals surface area contributed by atoms with Crippen LogP contribution in [0.2, 0.25) is 5.02 Å². The summed E-state index contributed by atoms with van der Waals surface area (Å²) in [6.07, 6.45) is 1.86. The molecule has 3 aromatic rings. The van der Waals surface area contributed by atoms with Crippen molar-refractivity contribution in [1.82, 2.24) is 19.4 Å². The van der Waals surface area contributed by atoms with Crippen molar-refractivity contribution in [2.75, 3.05) is 44.2 Å². The summed E-state index contributed by atoms with van der Waals surface area (Å²) in [5.74, 6) is 1.60. The zero-order chi connectivity index (χ0) is 22.8. The van der Waals surface area contributed by atoms with E-state index in [0.717, 1.165) is 87.3 Å². The topological polar surface area (TPSA) is 44.6 Å². The van der Waals surface area contributed by atoms with Gasteiger partial charge in [-0.05, 0) is 63.2 Å². The Morgan fingerprint density at radius 2 is 1.76 bits per heavy atom. The van der Waals surface area contributed by atoms with Crippen molar-refractivity contribution in [2.45, 2.75) is 32.9 Å². The summed E-state index contributed by atoms with van der Waals surface area (Å²) in [6.45, 7) is 9.13. The van der Waals surface area contributed by atoms with Crippen LogP contribution in [-0.2, 0) is 17.9 Å². The number of amides is 1. The van der Waals surface area contributed by atoms with Crippen LogP contribution in [0.15, 0.2) is 48.5 Å². The fraction of sp³-hybridized carbons (Fsp3) is 0.462. The van der Waals surface area contributed by atoms with E-state index in [1.807, 2.05) is 24.3 Å². The number of likely N-dealkylation sites (tertiary alicyclic amines) is 1. The van der Waals surface area contributed by atoms with Crippen LogP contribution >= 0.6 is 11.6 Å². The molecule has 0 N–H and O–H groups in total. The van der Waals surface area contributed by atoms with Crippen LogP contribution in [0.1, 0.15) is 25.6 Å². The fourth-order valence-corrected chi connectivity index (χ4v) is 5.44. The highest BCUT2D eigenvalue weighted by Gasteiger charge is 2.31. The second-order valence-corrected chi connectivity index (χ2v) is 9.54. The van der Waals surface area contributed by atoms with Crippen molar-refractivity contribution in [2.24, 2.45) is 5.92 Å². The third-order valence-electron chi connectivity index (χ3n) is 7.12. The van der Waals surface area contributed by atoms with Gasteiger partial charge in [-0.15, -0.1) is 0 Å². The van der Waals surface area contributed by atoms with E-state index < -0.39 is 0 Å². The number of aromatic nitrogens is 2. The lowest BCUT2D eigenvalue weighted by Crippen LogP contribution is -2.51. The Morgan fingerprint density at radius 3 is 2.48 bits per heavy atom. The fourth-order valence-electron chi connectivity index (χ4n) is 5.25. The quantitative estimate of drug-likeness (QED) is 0.564. The zero-order valence-electron chi connectivity index (χ0n) is 19.3. The molecule has 33 heavy (non-hydrogen) atoms. The third kappa shape index (κ3) is 4.73. The molecule has 2 aromatic carbocycles. The summed E-state index contributed by atoms with van der Waals surface area (Å²) < 4.78 is 2.31. The third-order valence-corrected chi connectivity index (χ3v) is 7.35. The van der Waals surface area contributed by atoms with E-state index in [4.69, 9.17) is 16.6 Å². The van der Waals surface area contributed by atoms with E-state index in [1.54, 1.807) is 0 Å². The average molecular weight is 466 g/mol. The summed E-state index contributed by atoms with van der Waals surface area (Å²) in [4.78, 5) is 24.9. The van der Waals surface area contributed by atoms with E-state index in [0.29, 0.717) is 5.91 Å². The highest BCUT2D eigenvalue weighted by Crippen LogP contribution is 2.25. The summed E-state index contributed by atoms with van der Waals surface area (Å²) in [5.41, 5.74) is 3.41. The maximum Gasteiger partial charge on any atom is 0.225 e. The molecule has 3 heterocycles. The lowest BCUT2D eigenvalue weighted by molar-refractivity contribution is -0.137. The number of carbonyl (C=O) groups excluding carboxylic acids is 1. The van der Waals surface area contributed by atoms with Crippen LogP contribution in [-0.4, -0.2) is 64.5 Å². The smallest absolute Gasteiger partial charge is 0.225 e. The van der Waals surface area contributed by atoms with Gasteiger partial charge in [0.2, 0.25) is 5.91 Å². The van der Waals surface area contributed by atoms with Crippen LogP contribution in [0, 0.1) is 5.92 Å². The summed E-state index contributed by atoms with van der Waals surface area (Å²) in [6, 6.07) is 16.3. The number of piperazine rings is 1. The Labute approximate surface area is 200 Å². The highest BCUT2D eigenvalue weighted by atomic mass is 35.5. The predicted molar refractivity (Wildman–Crippen MR) is 134 cm³/mol. The Kier molecular flexibility index (Phi) is 6.56. The number of hydrogen-bond donors (Lipinski definition) is 0. The van der Waals surface area contributed by atoms with Gasteiger partial charge < -0.3 is 14.4 Å². The number of nitrogens with zero attached hydrogens (tertiary/aromatic N) is 5. The number of aryl methyl sites for hydroxylation is 1. The van der Waals surface area contributed by atoms with Gasteiger partial charge in [-0.2, -0.15) is 0 Å². The Morgan fingerprint density at radius 1 is 1.00 bits per heavy atom. The summed E-state index contributed by atoms with van der Waals surface area (Å²) in [5, 5.41) is 0.757. The van der Waals surface area contributed by atoms with Crippen LogP contribution in [0.3, 0.4) is 0 Å². The number of hydrogen-bond acceptors (Lipinski definition) is 4. The van der Waals surface area contributed by atoms with Gasteiger partial charge in [0.05, 0.1) is 17.6 Å². The molecular formula is C26H32ClN5O. The molecule has 5 rings (SSSR count). The van der Waals surface area contributed by atoms with Crippen LogP contribution < -0.4 is 4.90 Å². The molecule has 6 nitrogen and oxygen atoms in total. The van der Waals surface area contributed by atoms with Crippen LogP contribution in [0.25, 0.3) is 11.0 Å². The number of imidazole rings is 1. The lowest BCUT2D eigenvalue weighted by Gasteiger charge is -2.39. The van der Waals surface area contributed by atoms with Crippen LogP contribution in [0.4, 0.5) is 5.69 Å². The molecular weight excluding hydrogens is 434 g/mol. The maximum atomic E-state index is 13.2. The van der Waals surface area contributed by atoms with E-state index >= 15 is 0 Å². The van der Waals surface area contributed by atoms with E-state index in [1.165, 1.54) is 5.52 Å². The van der Waals surface area contributed by atoms with Gasteiger partial charge in [-0.3, -0.25) is 9.69 Å². The number of fused-ring (bicyclic) bond motifs is 1. The van der Waals surface area contributed by atoms with Gasteiger partial charge in [0, 0.05) is 49.4 Å². The van der Waals surface area contributed by atoms with Crippen molar-refractivity contribution in [3.05, 3.63) is 59.4 Å². The minimum Gasteiger partial charge on any atom is -0.368 e. The first kappa shape index (κ1) is 22.2. The molecule has 174 valence electrons. The molecule has 1 aromatic heterocycles. The normalized spacial score (nSPS) is 18.2. The number of rotatable bonds is 5. The van der Waals surface area contributed by atoms with Gasteiger partial charge in [0.1, 0.15) is 5.82 Å². The number of anilines is 1. The molecule has 0 unspecified atom stereocenters. The molecule has 1 amide bonds. The second-order valence-electron chi connectivity index (χ2n) is 9.10. The second kappa shape index (κ2) is 9.74. The largest absolute Gasteiger partial charge is 0.368 e. The molecule has 0 saturated carbocycles. The maximum absolute atomic E-state index is 13.2. The molecule has 2 fully saturated rings. The van der Waals surface area contributed by atoms with Crippen molar-refractivity contribution in [3.63, 3.8) is 0 Å². The summed E-state index contributed by atoms with van der Waals surface area (Å²) in [7, 11) is 0. The SMILES string of the molecule is CCn1c(CN2CCC(C(=O)N3CCN(c4cccc(Cl)c4)CC3)CC2)nc2ccccc21. The predicted octanol–water partition coefficient (Wildman–Crippen LogP) is 4.27. The first-order valence-corrected chi connectivity index (χ1v) is 12.5. The van der Waals surface area contributed by atoms with E-state index in [2.05, 4.69) is 50.5 Å². The Balaban J connectivity index is 1.14. The molecule has 7 heteroatoms. The molecule has 0 spiro atoms. The van der Waals surface area contributed by atoms with Crippen molar-refractivity contribution < 1.29 is 4.79 Å². The molecule has 2 saturated heterocycles. The van der Waals surface area contributed by atoms with Gasteiger partial charge >= 0.3 is 0 Å². The first-order chi connectivity index (χ1) is 16.1. The zero-order valence-corrected chi connectivity index (χ0v) is 20.0. The summed E-state index contributed by atoms with van der Waals surface area (Å²) >= 11 is 6.14. The Bertz CT molecular complexity index is 1110. The minimum atomic E-state index is 0.143. The average Bonchev–Trinajstić information content (AvgIpc) is 3.21. The molecule has 0 aliphatic carbocycles. The number of benzene rings is 2. The van der Waals surface area contributed by atoms with Gasteiger partial charge in [-0.25, -0.2) is 4.98 Å². The minimum absolute atomic E-state index is 0.143. The van der Waals surface area contributed by atoms with Crippen molar-refractivity contribution in [3.8, 4) is 0 Å². The molecule has 2 aliphatic heterocycles. The number of carbonyl (C=O) groups is 1. The highest BCUT2D eigenvalue weighted by molar-refractivity contribution is 6.30.